The normalized spacial score (nSPS) is 10.2. The van der Waals surface area contributed by atoms with Gasteiger partial charge < -0.3 is 15.8 Å². The van der Waals surface area contributed by atoms with Gasteiger partial charge in [-0.1, -0.05) is 17.7 Å². The molecule has 0 fully saturated rings. The van der Waals surface area contributed by atoms with Crippen molar-refractivity contribution < 1.29 is 9.53 Å². The lowest BCUT2D eigenvalue weighted by Gasteiger charge is -2.08. The number of benzene rings is 1. The third kappa shape index (κ3) is 3.70. The van der Waals surface area contributed by atoms with Gasteiger partial charge >= 0.3 is 0 Å². The summed E-state index contributed by atoms with van der Waals surface area (Å²) in [6.45, 7) is 0.884. The Morgan fingerprint density at radius 1 is 1.42 bits per heavy atom. The lowest BCUT2D eigenvalue weighted by atomic mass is 10.3. The summed E-state index contributed by atoms with van der Waals surface area (Å²) < 4.78 is 5.39. The summed E-state index contributed by atoms with van der Waals surface area (Å²) >= 11 is 7.21. The number of nitrogens with one attached hydrogen (secondary N) is 1. The van der Waals surface area contributed by atoms with Crippen molar-refractivity contribution in [2.24, 2.45) is 5.73 Å². The summed E-state index contributed by atoms with van der Waals surface area (Å²) in [7, 11) is 0. The van der Waals surface area contributed by atoms with E-state index >= 15 is 0 Å². The molecular formula is C13H13ClN2O2S. The van der Waals surface area contributed by atoms with Gasteiger partial charge in [-0.25, -0.2) is 0 Å². The molecular weight excluding hydrogens is 284 g/mol. The Kier molecular flexibility index (Phi) is 4.79. The molecule has 1 aromatic carbocycles. The van der Waals surface area contributed by atoms with Crippen LogP contribution in [0.4, 0.5) is 5.69 Å². The van der Waals surface area contributed by atoms with Gasteiger partial charge in [0.15, 0.2) is 0 Å². The predicted molar refractivity (Wildman–Crippen MR) is 78.3 cm³/mol. The van der Waals surface area contributed by atoms with E-state index in [0.717, 1.165) is 0 Å². The van der Waals surface area contributed by atoms with E-state index in [4.69, 9.17) is 22.1 Å². The van der Waals surface area contributed by atoms with E-state index in [1.54, 1.807) is 29.6 Å². The fourth-order valence-electron chi connectivity index (χ4n) is 1.48. The SMILES string of the molecule is NCCOc1cccc(NC(=O)c2sccc2Cl)c1. The maximum Gasteiger partial charge on any atom is 0.267 e. The number of ether oxygens (including phenoxy) is 1. The number of rotatable bonds is 5. The van der Waals surface area contributed by atoms with Crippen LogP contribution >= 0.6 is 22.9 Å². The topological polar surface area (TPSA) is 64.3 Å². The van der Waals surface area contributed by atoms with E-state index in [9.17, 15) is 4.79 Å². The Bertz CT molecular complexity index is 571. The molecule has 4 nitrogen and oxygen atoms in total. The molecule has 0 bridgehead atoms. The minimum absolute atomic E-state index is 0.226. The Morgan fingerprint density at radius 3 is 2.95 bits per heavy atom. The Hall–Kier alpha value is -1.56. The average Bonchev–Trinajstić information content (AvgIpc) is 2.83. The van der Waals surface area contributed by atoms with Gasteiger partial charge in [-0.05, 0) is 23.6 Å². The zero-order valence-corrected chi connectivity index (χ0v) is 11.6. The number of nitrogens with two attached hydrogens (primary N) is 1. The lowest BCUT2D eigenvalue weighted by molar-refractivity contribution is 0.103. The van der Waals surface area contributed by atoms with Crippen molar-refractivity contribution in [2.75, 3.05) is 18.5 Å². The largest absolute Gasteiger partial charge is 0.492 e. The Labute approximate surface area is 120 Å². The van der Waals surface area contributed by atoms with E-state index in [0.29, 0.717) is 34.5 Å². The molecule has 19 heavy (non-hydrogen) atoms. The highest BCUT2D eigenvalue weighted by molar-refractivity contribution is 7.12. The molecule has 2 aromatic rings. The molecule has 0 aliphatic heterocycles. The van der Waals surface area contributed by atoms with Gasteiger partial charge in [-0.15, -0.1) is 11.3 Å². The van der Waals surface area contributed by atoms with E-state index in [1.165, 1.54) is 11.3 Å². The quantitative estimate of drug-likeness (QED) is 0.891. The average molecular weight is 297 g/mol. The van der Waals surface area contributed by atoms with E-state index < -0.39 is 0 Å². The zero-order chi connectivity index (χ0) is 13.7. The summed E-state index contributed by atoms with van der Waals surface area (Å²) in [5.74, 6) is 0.441. The number of hydrogen-bond acceptors (Lipinski definition) is 4. The van der Waals surface area contributed by atoms with Crippen LogP contribution in [-0.4, -0.2) is 19.1 Å². The molecule has 0 aliphatic rings. The minimum atomic E-state index is -0.226. The van der Waals surface area contributed by atoms with Crippen LogP contribution in [0.2, 0.25) is 5.02 Å². The van der Waals surface area contributed by atoms with Crippen LogP contribution in [0.5, 0.6) is 5.75 Å². The van der Waals surface area contributed by atoms with Gasteiger partial charge in [-0.2, -0.15) is 0 Å². The number of anilines is 1. The van der Waals surface area contributed by atoms with Crippen LogP contribution in [0.1, 0.15) is 9.67 Å². The van der Waals surface area contributed by atoms with Gasteiger partial charge in [-0.3, -0.25) is 4.79 Å². The zero-order valence-electron chi connectivity index (χ0n) is 10.1. The van der Waals surface area contributed by atoms with Crippen LogP contribution in [0, 0.1) is 0 Å². The summed E-state index contributed by atoms with van der Waals surface area (Å²) in [5.41, 5.74) is 6.02. The molecule has 0 unspecified atom stereocenters. The second-order valence-corrected chi connectivity index (χ2v) is 5.04. The molecule has 1 aromatic heterocycles. The number of carbonyl (C=O) groups is 1. The van der Waals surface area contributed by atoms with Crippen LogP contribution in [0.25, 0.3) is 0 Å². The van der Waals surface area contributed by atoms with Gasteiger partial charge in [0.1, 0.15) is 17.2 Å². The fourth-order valence-corrected chi connectivity index (χ4v) is 2.52. The number of carbonyl (C=O) groups excluding carboxylic acids is 1. The molecule has 3 N–H and O–H groups in total. The van der Waals surface area contributed by atoms with Gasteiger partial charge in [0.05, 0.1) is 5.02 Å². The van der Waals surface area contributed by atoms with Crippen molar-refractivity contribution in [2.45, 2.75) is 0 Å². The van der Waals surface area contributed by atoms with Crippen molar-refractivity contribution >= 4 is 34.5 Å². The van der Waals surface area contributed by atoms with Crippen molar-refractivity contribution in [3.8, 4) is 5.75 Å². The molecule has 1 amide bonds. The molecule has 0 atom stereocenters. The van der Waals surface area contributed by atoms with Crippen LogP contribution in [-0.2, 0) is 0 Å². The maximum absolute atomic E-state index is 12.0. The van der Waals surface area contributed by atoms with Crippen molar-refractivity contribution in [3.05, 3.63) is 45.6 Å². The van der Waals surface area contributed by atoms with E-state index in [2.05, 4.69) is 5.32 Å². The maximum atomic E-state index is 12.0. The number of hydrogen-bond donors (Lipinski definition) is 2. The molecule has 2 rings (SSSR count). The summed E-state index contributed by atoms with van der Waals surface area (Å²) in [6.07, 6.45) is 0. The summed E-state index contributed by atoms with van der Waals surface area (Å²) in [4.78, 5) is 12.5. The molecule has 0 spiro atoms. The van der Waals surface area contributed by atoms with Crippen molar-refractivity contribution in [3.63, 3.8) is 0 Å². The highest BCUT2D eigenvalue weighted by Gasteiger charge is 2.12. The van der Waals surface area contributed by atoms with Crippen LogP contribution in [0.3, 0.4) is 0 Å². The molecule has 100 valence electrons. The predicted octanol–water partition coefficient (Wildman–Crippen LogP) is 2.99. The fraction of sp³-hybridized carbons (Fsp3) is 0.154. The number of amides is 1. The van der Waals surface area contributed by atoms with Crippen LogP contribution < -0.4 is 15.8 Å². The van der Waals surface area contributed by atoms with Crippen molar-refractivity contribution in [1.29, 1.82) is 0 Å². The monoisotopic (exact) mass is 296 g/mol. The van der Waals surface area contributed by atoms with Crippen molar-refractivity contribution in [1.82, 2.24) is 0 Å². The highest BCUT2D eigenvalue weighted by atomic mass is 35.5. The smallest absolute Gasteiger partial charge is 0.267 e. The molecule has 0 saturated carbocycles. The lowest BCUT2D eigenvalue weighted by Crippen LogP contribution is -2.12. The third-order valence-electron chi connectivity index (χ3n) is 2.30. The first-order valence-electron chi connectivity index (χ1n) is 5.68. The third-order valence-corrected chi connectivity index (χ3v) is 3.64. The highest BCUT2D eigenvalue weighted by Crippen LogP contribution is 2.24. The van der Waals surface area contributed by atoms with E-state index in [-0.39, 0.29) is 5.91 Å². The first-order chi connectivity index (χ1) is 9.20. The van der Waals surface area contributed by atoms with Gasteiger partial charge in [0.25, 0.3) is 5.91 Å². The molecule has 0 saturated heterocycles. The summed E-state index contributed by atoms with van der Waals surface area (Å²) in [6, 6.07) is 8.84. The minimum Gasteiger partial charge on any atom is -0.492 e. The molecule has 0 aliphatic carbocycles. The first-order valence-corrected chi connectivity index (χ1v) is 6.93. The Morgan fingerprint density at radius 2 is 2.26 bits per heavy atom. The van der Waals surface area contributed by atoms with E-state index in [1.807, 2.05) is 6.07 Å². The standard InChI is InChI=1S/C13H13ClN2O2S/c14-11-4-7-19-12(11)13(17)16-9-2-1-3-10(8-9)18-6-5-15/h1-4,7-8H,5-6,15H2,(H,16,17). The first kappa shape index (κ1) is 13.9. The molecule has 1 heterocycles. The van der Waals surface area contributed by atoms with Crippen LogP contribution in [0.15, 0.2) is 35.7 Å². The molecule has 6 heteroatoms. The number of thiophene rings is 1. The second-order valence-electron chi connectivity index (χ2n) is 3.72. The molecule has 0 radical (unpaired) electrons. The van der Waals surface area contributed by atoms with Gasteiger partial charge in [0.2, 0.25) is 0 Å². The second kappa shape index (κ2) is 6.56. The van der Waals surface area contributed by atoms with Gasteiger partial charge in [0, 0.05) is 18.3 Å². The summed E-state index contributed by atoms with van der Waals surface area (Å²) in [5, 5.41) is 5.01. The Balaban J connectivity index is 2.07. The number of halogens is 1.